The Bertz CT molecular complexity index is 308. The summed E-state index contributed by atoms with van der Waals surface area (Å²) in [6.45, 7) is 8.03. The summed E-state index contributed by atoms with van der Waals surface area (Å²) < 4.78 is 5.24. The predicted molar refractivity (Wildman–Crippen MR) is 58.2 cm³/mol. The van der Waals surface area contributed by atoms with Crippen molar-refractivity contribution in [3.8, 4) is 0 Å². The lowest BCUT2D eigenvalue weighted by Gasteiger charge is -2.47. The van der Waals surface area contributed by atoms with E-state index in [0.29, 0.717) is 32.2 Å². The third-order valence-corrected chi connectivity index (χ3v) is 2.79. The SMILES string of the molecule is CC(C)(C)OC(=O)N1CC(N2CC(=O)C2)C1. The predicted octanol–water partition coefficient (Wildman–Crippen LogP) is 0.490. The van der Waals surface area contributed by atoms with Crippen molar-refractivity contribution >= 4 is 11.9 Å². The van der Waals surface area contributed by atoms with E-state index in [1.165, 1.54) is 0 Å². The van der Waals surface area contributed by atoms with Crippen LogP contribution in [0.1, 0.15) is 20.8 Å². The van der Waals surface area contributed by atoms with Crippen LogP contribution < -0.4 is 0 Å². The molecule has 2 heterocycles. The first-order valence-electron chi connectivity index (χ1n) is 5.59. The van der Waals surface area contributed by atoms with Crippen molar-refractivity contribution in [2.45, 2.75) is 32.4 Å². The van der Waals surface area contributed by atoms with Crippen molar-refractivity contribution in [2.24, 2.45) is 0 Å². The minimum atomic E-state index is -0.436. The van der Waals surface area contributed by atoms with Gasteiger partial charge in [-0.05, 0) is 20.8 Å². The van der Waals surface area contributed by atoms with Crippen molar-refractivity contribution in [1.29, 1.82) is 0 Å². The first-order valence-corrected chi connectivity index (χ1v) is 5.59. The van der Waals surface area contributed by atoms with Gasteiger partial charge in [-0.2, -0.15) is 0 Å². The molecule has 5 heteroatoms. The molecule has 16 heavy (non-hydrogen) atoms. The molecular formula is C11H18N2O3. The van der Waals surface area contributed by atoms with Crippen molar-refractivity contribution in [3.63, 3.8) is 0 Å². The molecule has 0 spiro atoms. The number of carbonyl (C=O) groups excluding carboxylic acids is 2. The summed E-state index contributed by atoms with van der Waals surface area (Å²) in [5.41, 5.74) is -0.436. The van der Waals surface area contributed by atoms with Crippen LogP contribution in [0.2, 0.25) is 0 Å². The van der Waals surface area contributed by atoms with Crippen molar-refractivity contribution in [3.05, 3.63) is 0 Å². The summed E-state index contributed by atoms with van der Waals surface area (Å²) in [6.07, 6.45) is -0.254. The summed E-state index contributed by atoms with van der Waals surface area (Å²) in [6, 6.07) is 0.352. The molecule has 2 fully saturated rings. The molecule has 2 aliphatic rings. The molecule has 90 valence electrons. The molecule has 2 aliphatic heterocycles. The molecule has 0 aromatic carbocycles. The number of rotatable bonds is 1. The minimum Gasteiger partial charge on any atom is -0.444 e. The van der Waals surface area contributed by atoms with Crippen LogP contribution in [0.25, 0.3) is 0 Å². The van der Waals surface area contributed by atoms with Gasteiger partial charge >= 0.3 is 6.09 Å². The van der Waals surface area contributed by atoms with Gasteiger partial charge in [0.2, 0.25) is 0 Å². The number of hydrogen-bond donors (Lipinski definition) is 0. The smallest absolute Gasteiger partial charge is 0.410 e. The van der Waals surface area contributed by atoms with E-state index in [1.54, 1.807) is 4.90 Å². The fourth-order valence-electron chi connectivity index (χ4n) is 1.83. The van der Waals surface area contributed by atoms with Crippen LogP contribution in [0.15, 0.2) is 0 Å². The fourth-order valence-corrected chi connectivity index (χ4v) is 1.83. The second-order valence-corrected chi connectivity index (χ2v) is 5.48. The number of carbonyl (C=O) groups is 2. The number of amides is 1. The highest BCUT2D eigenvalue weighted by atomic mass is 16.6. The number of ketones is 1. The molecule has 0 N–H and O–H groups in total. The third kappa shape index (κ3) is 2.35. The van der Waals surface area contributed by atoms with Gasteiger partial charge in [-0.1, -0.05) is 0 Å². The highest BCUT2D eigenvalue weighted by Gasteiger charge is 2.41. The van der Waals surface area contributed by atoms with Gasteiger partial charge in [-0.25, -0.2) is 4.79 Å². The van der Waals surface area contributed by atoms with E-state index in [0.717, 1.165) is 0 Å². The van der Waals surface area contributed by atoms with E-state index in [4.69, 9.17) is 4.74 Å². The average molecular weight is 226 g/mol. The van der Waals surface area contributed by atoms with E-state index in [-0.39, 0.29) is 11.9 Å². The standard InChI is InChI=1S/C11H18N2O3/c1-11(2,3)16-10(15)13-4-8(5-13)12-6-9(14)7-12/h8H,4-7H2,1-3H3. The Hall–Kier alpha value is -1.10. The number of likely N-dealkylation sites (tertiary alicyclic amines) is 2. The van der Waals surface area contributed by atoms with E-state index >= 15 is 0 Å². The molecule has 1 amide bonds. The summed E-state index contributed by atoms with van der Waals surface area (Å²) in [5, 5.41) is 0. The van der Waals surface area contributed by atoms with Crippen LogP contribution >= 0.6 is 0 Å². The zero-order valence-electron chi connectivity index (χ0n) is 10.0. The Kier molecular flexibility index (Phi) is 2.66. The van der Waals surface area contributed by atoms with Gasteiger partial charge in [0.1, 0.15) is 5.60 Å². The van der Waals surface area contributed by atoms with E-state index in [2.05, 4.69) is 4.90 Å². The largest absolute Gasteiger partial charge is 0.444 e. The molecule has 0 aliphatic carbocycles. The monoisotopic (exact) mass is 226 g/mol. The van der Waals surface area contributed by atoms with Gasteiger partial charge in [0.25, 0.3) is 0 Å². The van der Waals surface area contributed by atoms with Crippen LogP contribution in [-0.2, 0) is 9.53 Å². The first kappa shape index (κ1) is 11.4. The van der Waals surface area contributed by atoms with E-state index in [9.17, 15) is 9.59 Å². The Balaban J connectivity index is 1.72. The van der Waals surface area contributed by atoms with Gasteiger partial charge in [0.05, 0.1) is 13.1 Å². The second-order valence-electron chi connectivity index (χ2n) is 5.48. The molecule has 5 nitrogen and oxygen atoms in total. The highest BCUT2D eigenvalue weighted by Crippen LogP contribution is 2.21. The van der Waals surface area contributed by atoms with Crippen molar-refractivity contribution in [2.75, 3.05) is 26.2 Å². The maximum absolute atomic E-state index is 11.6. The maximum atomic E-state index is 11.6. The minimum absolute atomic E-state index is 0.254. The highest BCUT2D eigenvalue weighted by molar-refractivity contribution is 5.87. The Morgan fingerprint density at radius 2 is 1.88 bits per heavy atom. The van der Waals surface area contributed by atoms with E-state index < -0.39 is 5.60 Å². The summed E-state index contributed by atoms with van der Waals surface area (Å²) in [4.78, 5) is 26.2. The number of ether oxygens (including phenoxy) is 1. The quantitative estimate of drug-likeness (QED) is 0.653. The zero-order chi connectivity index (χ0) is 11.9. The molecule has 2 saturated heterocycles. The lowest BCUT2D eigenvalue weighted by atomic mass is 10.0. The number of Topliss-reactive ketones (excluding diaryl/α,β-unsaturated/α-hetero) is 1. The molecule has 0 unspecified atom stereocenters. The molecule has 2 rings (SSSR count). The van der Waals surface area contributed by atoms with Gasteiger partial charge in [0.15, 0.2) is 5.78 Å². The Morgan fingerprint density at radius 3 is 2.31 bits per heavy atom. The first-order chi connectivity index (χ1) is 7.35. The fraction of sp³-hybridized carbons (Fsp3) is 0.818. The summed E-state index contributed by atoms with van der Waals surface area (Å²) in [7, 11) is 0. The van der Waals surface area contributed by atoms with Crippen LogP contribution in [0, 0.1) is 0 Å². The zero-order valence-corrected chi connectivity index (χ0v) is 10.0. The normalized spacial score (nSPS) is 22.7. The van der Waals surface area contributed by atoms with Crippen molar-refractivity contribution < 1.29 is 14.3 Å². The summed E-state index contributed by atoms with van der Waals surface area (Å²) >= 11 is 0. The summed E-state index contributed by atoms with van der Waals surface area (Å²) in [5.74, 6) is 0.288. The second kappa shape index (κ2) is 3.73. The van der Waals surface area contributed by atoms with Crippen LogP contribution in [-0.4, -0.2) is 59.5 Å². The maximum Gasteiger partial charge on any atom is 0.410 e. The number of nitrogens with zero attached hydrogens (tertiary/aromatic N) is 2. The molecule has 0 saturated carbocycles. The Morgan fingerprint density at radius 1 is 1.31 bits per heavy atom. The van der Waals surface area contributed by atoms with Gasteiger partial charge < -0.3 is 9.64 Å². The molecule has 0 atom stereocenters. The molecule has 0 aromatic heterocycles. The lowest BCUT2D eigenvalue weighted by molar-refractivity contribution is -0.133. The van der Waals surface area contributed by atoms with Gasteiger partial charge in [0, 0.05) is 19.1 Å². The van der Waals surface area contributed by atoms with Gasteiger partial charge in [-0.3, -0.25) is 9.69 Å². The van der Waals surface area contributed by atoms with Gasteiger partial charge in [-0.15, -0.1) is 0 Å². The molecule has 0 bridgehead atoms. The number of hydrogen-bond acceptors (Lipinski definition) is 4. The molecular weight excluding hydrogens is 208 g/mol. The van der Waals surface area contributed by atoms with E-state index in [1.807, 2.05) is 20.8 Å². The third-order valence-electron chi connectivity index (χ3n) is 2.79. The van der Waals surface area contributed by atoms with Crippen molar-refractivity contribution in [1.82, 2.24) is 9.80 Å². The molecule has 0 radical (unpaired) electrons. The van der Waals surface area contributed by atoms with Crippen LogP contribution in [0.5, 0.6) is 0 Å². The lowest BCUT2D eigenvalue weighted by Crippen LogP contribution is -2.66. The van der Waals surface area contributed by atoms with Crippen LogP contribution in [0.3, 0.4) is 0 Å². The van der Waals surface area contributed by atoms with Crippen LogP contribution in [0.4, 0.5) is 4.79 Å². The topological polar surface area (TPSA) is 49.9 Å². The molecule has 0 aromatic rings. The Labute approximate surface area is 95.3 Å². The average Bonchev–Trinajstić information content (AvgIpc) is 1.94.